The third-order valence-corrected chi connectivity index (χ3v) is 3.27. The minimum absolute atomic E-state index is 0.0574. The molecule has 0 aromatic heterocycles. The highest BCUT2D eigenvalue weighted by Crippen LogP contribution is 2.28. The van der Waals surface area contributed by atoms with Gasteiger partial charge >= 0.3 is 0 Å². The minimum Gasteiger partial charge on any atom is -0.496 e. The number of ether oxygens (including phenoxy) is 2. The molecule has 0 bridgehead atoms. The molecule has 2 N–H and O–H groups in total. The standard InChI is InChI=1S/C16H26N2O3/c1-13(14-6-4-5-7-15(14)21-3)12-16(19)18-9-8-17-10-11-20-2/h4-7,13,17H,8-12H2,1-3H3,(H,18,19). The molecule has 1 atom stereocenters. The van der Waals surface area contributed by atoms with Crippen molar-refractivity contribution in [3.05, 3.63) is 29.8 Å². The monoisotopic (exact) mass is 294 g/mol. The third kappa shape index (κ3) is 6.60. The molecule has 5 heteroatoms. The predicted octanol–water partition coefficient (Wildman–Crippen LogP) is 1.54. The fraction of sp³-hybridized carbons (Fsp3) is 0.562. The molecule has 0 heterocycles. The van der Waals surface area contributed by atoms with E-state index in [-0.39, 0.29) is 11.8 Å². The zero-order valence-corrected chi connectivity index (χ0v) is 13.1. The zero-order valence-electron chi connectivity index (χ0n) is 13.1. The number of rotatable bonds is 10. The molecule has 1 rings (SSSR count). The Morgan fingerprint density at radius 2 is 1.95 bits per heavy atom. The van der Waals surface area contributed by atoms with Crippen LogP contribution >= 0.6 is 0 Å². The summed E-state index contributed by atoms with van der Waals surface area (Å²) in [6.07, 6.45) is 0.457. The highest BCUT2D eigenvalue weighted by Gasteiger charge is 2.14. The largest absolute Gasteiger partial charge is 0.496 e. The summed E-state index contributed by atoms with van der Waals surface area (Å²) in [7, 11) is 3.32. The minimum atomic E-state index is 0.0574. The topological polar surface area (TPSA) is 59.6 Å². The molecule has 5 nitrogen and oxygen atoms in total. The Morgan fingerprint density at radius 1 is 1.19 bits per heavy atom. The maximum absolute atomic E-state index is 11.9. The van der Waals surface area contributed by atoms with Gasteiger partial charge < -0.3 is 20.1 Å². The number of benzene rings is 1. The normalized spacial score (nSPS) is 12.0. The number of para-hydroxylation sites is 1. The van der Waals surface area contributed by atoms with Crippen molar-refractivity contribution in [2.45, 2.75) is 19.3 Å². The number of nitrogens with one attached hydrogen (secondary N) is 2. The zero-order chi connectivity index (χ0) is 15.5. The summed E-state index contributed by atoms with van der Waals surface area (Å²) in [5.41, 5.74) is 1.06. The Bertz CT molecular complexity index is 424. The molecule has 0 aliphatic heterocycles. The predicted molar refractivity (Wildman–Crippen MR) is 83.8 cm³/mol. The molecule has 0 saturated heterocycles. The summed E-state index contributed by atoms with van der Waals surface area (Å²) in [6.45, 7) is 4.89. The average molecular weight is 294 g/mol. The highest BCUT2D eigenvalue weighted by molar-refractivity contribution is 5.76. The van der Waals surface area contributed by atoms with Gasteiger partial charge in [0.25, 0.3) is 0 Å². The van der Waals surface area contributed by atoms with Gasteiger partial charge in [-0.3, -0.25) is 4.79 Å². The molecule has 1 amide bonds. The van der Waals surface area contributed by atoms with E-state index in [0.29, 0.717) is 19.6 Å². The molecule has 0 fully saturated rings. The van der Waals surface area contributed by atoms with Gasteiger partial charge in [-0.05, 0) is 17.5 Å². The fourth-order valence-electron chi connectivity index (χ4n) is 2.12. The molecule has 1 aromatic carbocycles. The molecular formula is C16H26N2O3. The Balaban J connectivity index is 2.30. The van der Waals surface area contributed by atoms with Crippen LogP contribution in [0.15, 0.2) is 24.3 Å². The van der Waals surface area contributed by atoms with Crippen molar-refractivity contribution in [1.29, 1.82) is 0 Å². The van der Waals surface area contributed by atoms with Crippen LogP contribution < -0.4 is 15.4 Å². The number of hydrogen-bond donors (Lipinski definition) is 2. The SMILES string of the molecule is COCCNCCNC(=O)CC(C)c1ccccc1OC. The summed E-state index contributed by atoms with van der Waals surface area (Å²) in [5, 5.41) is 6.10. The van der Waals surface area contributed by atoms with Gasteiger partial charge in [0.05, 0.1) is 13.7 Å². The van der Waals surface area contributed by atoms with E-state index < -0.39 is 0 Å². The lowest BCUT2D eigenvalue weighted by Gasteiger charge is -2.15. The lowest BCUT2D eigenvalue weighted by Crippen LogP contribution is -2.33. The van der Waals surface area contributed by atoms with E-state index in [1.807, 2.05) is 31.2 Å². The van der Waals surface area contributed by atoms with Crippen LogP contribution in [0.2, 0.25) is 0 Å². The summed E-state index contributed by atoms with van der Waals surface area (Å²) in [4.78, 5) is 11.9. The lowest BCUT2D eigenvalue weighted by atomic mass is 9.96. The van der Waals surface area contributed by atoms with Gasteiger partial charge in [0.1, 0.15) is 5.75 Å². The summed E-state index contributed by atoms with van der Waals surface area (Å²) >= 11 is 0. The fourth-order valence-corrected chi connectivity index (χ4v) is 2.12. The Morgan fingerprint density at radius 3 is 2.67 bits per heavy atom. The van der Waals surface area contributed by atoms with Crippen molar-refractivity contribution in [3.63, 3.8) is 0 Å². The number of carbonyl (C=O) groups excluding carboxylic acids is 1. The first-order valence-corrected chi connectivity index (χ1v) is 7.28. The van der Waals surface area contributed by atoms with Crippen molar-refractivity contribution in [3.8, 4) is 5.75 Å². The number of amides is 1. The van der Waals surface area contributed by atoms with Crippen LogP contribution in [0.25, 0.3) is 0 Å². The smallest absolute Gasteiger partial charge is 0.220 e. The molecule has 1 unspecified atom stereocenters. The van der Waals surface area contributed by atoms with Crippen LogP contribution in [0.4, 0.5) is 0 Å². The van der Waals surface area contributed by atoms with Gasteiger partial charge in [-0.2, -0.15) is 0 Å². The summed E-state index contributed by atoms with van der Waals surface area (Å²) in [5.74, 6) is 1.02. The Hall–Kier alpha value is -1.59. The molecular weight excluding hydrogens is 268 g/mol. The average Bonchev–Trinajstić information content (AvgIpc) is 2.50. The maximum atomic E-state index is 11.9. The van der Waals surface area contributed by atoms with Crippen molar-refractivity contribution in [1.82, 2.24) is 10.6 Å². The first-order valence-electron chi connectivity index (χ1n) is 7.28. The second-order valence-electron chi connectivity index (χ2n) is 4.94. The number of hydrogen-bond acceptors (Lipinski definition) is 4. The van der Waals surface area contributed by atoms with Gasteiger partial charge in [-0.25, -0.2) is 0 Å². The first kappa shape index (κ1) is 17.5. The number of methoxy groups -OCH3 is 2. The van der Waals surface area contributed by atoms with E-state index in [1.54, 1.807) is 14.2 Å². The van der Waals surface area contributed by atoms with E-state index in [4.69, 9.17) is 9.47 Å². The van der Waals surface area contributed by atoms with Gasteiger partial charge in [0.15, 0.2) is 0 Å². The van der Waals surface area contributed by atoms with E-state index in [9.17, 15) is 4.79 Å². The van der Waals surface area contributed by atoms with Gasteiger partial charge in [-0.1, -0.05) is 25.1 Å². The molecule has 0 spiro atoms. The second-order valence-corrected chi connectivity index (χ2v) is 4.94. The van der Waals surface area contributed by atoms with Crippen LogP contribution in [0.3, 0.4) is 0 Å². The summed E-state index contributed by atoms with van der Waals surface area (Å²) in [6, 6.07) is 7.82. The third-order valence-electron chi connectivity index (χ3n) is 3.27. The lowest BCUT2D eigenvalue weighted by molar-refractivity contribution is -0.121. The van der Waals surface area contributed by atoms with Crippen LogP contribution in [0, 0.1) is 0 Å². The van der Waals surface area contributed by atoms with Gasteiger partial charge in [-0.15, -0.1) is 0 Å². The molecule has 0 radical (unpaired) electrons. The quantitative estimate of drug-likeness (QED) is 0.643. The molecule has 1 aromatic rings. The molecule has 21 heavy (non-hydrogen) atoms. The van der Waals surface area contributed by atoms with Crippen molar-refractivity contribution in [2.75, 3.05) is 40.5 Å². The van der Waals surface area contributed by atoms with E-state index in [1.165, 1.54) is 0 Å². The van der Waals surface area contributed by atoms with Crippen LogP contribution in [0.1, 0.15) is 24.8 Å². The van der Waals surface area contributed by atoms with E-state index in [0.717, 1.165) is 24.4 Å². The van der Waals surface area contributed by atoms with E-state index >= 15 is 0 Å². The van der Waals surface area contributed by atoms with Crippen LogP contribution in [-0.2, 0) is 9.53 Å². The maximum Gasteiger partial charge on any atom is 0.220 e. The van der Waals surface area contributed by atoms with Crippen LogP contribution in [-0.4, -0.2) is 46.4 Å². The summed E-state index contributed by atoms with van der Waals surface area (Å²) < 4.78 is 10.3. The molecule has 0 saturated carbocycles. The molecule has 0 aliphatic rings. The second kappa shape index (κ2) is 10.2. The van der Waals surface area contributed by atoms with Crippen molar-refractivity contribution < 1.29 is 14.3 Å². The number of carbonyl (C=O) groups is 1. The molecule has 118 valence electrons. The first-order chi connectivity index (χ1) is 10.2. The van der Waals surface area contributed by atoms with Crippen LogP contribution in [0.5, 0.6) is 5.75 Å². The Labute approximate surface area is 127 Å². The highest BCUT2D eigenvalue weighted by atomic mass is 16.5. The van der Waals surface area contributed by atoms with Crippen molar-refractivity contribution >= 4 is 5.91 Å². The van der Waals surface area contributed by atoms with Gasteiger partial charge in [0, 0.05) is 33.2 Å². The van der Waals surface area contributed by atoms with Gasteiger partial charge in [0.2, 0.25) is 5.91 Å². The molecule has 0 aliphatic carbocycles. The van der Waals surface area contributed by atoms with E-state index in [2.05, 4.69) is 10.6 Å². The Kier molecular flexibility index (Phi) is 8.47. The van der Waals surface area contributed by atoms with Crippen molar-refractivity contribution in [2.24, 2.45) is 0 Å².